The first kappa shape index (κ1) is 12.9. The quantitative estimate of drug-likeness (QED) is 0.805. The minimum atomic E-state index is 0.311. The molecule has 1 saturated carbocycles. The number of ether oxygens (including phenoxy) is 1. The van der Waals surface area contributed by atoms with Crippen molar-refractivity contribution >= 4 is 11.8 Å². The monoisotopic (exact) mass is 251 g/mol. The van der Waals surface area contributed by atoms with Gasteiger partial charge in [0.1, 0.15) is 0 Å². The van der Waals surface area contributed by atoms with Gasteiger partial charge in [0, 0.05) is 18.4 Å². The summed E-state index contributed by atoms with van der Waals surface area (Å²) in [6.07, 6.45) is 4.90. The molecule has 94 valence electrons. The smallest absolute Gasteiger partial charge is 0.0657 e. The zero-order valence-corrected chi connectivity index (χ0v) is 11.4. The molecule has 3 heteroatoms. The van der Waals surface area contributed by atoms with Crippen molar-refractivity contribution in [3.8, 4) is 0 Å². The van der Waals surface area contributed by atoms with E-state index in [0.717, 1.165) is 13.2 Å². The molecule has 1 N–H and O–H groups in total. The first-order valence-corrected chi connectivity index (χ1v) is 7.34. The van der Waals surface area contributed by atoms with Gasteiger partial charge >= 0.3 is 0 Å². The van der Waals surface area contributed by atoms with Crippen LogP contribution in [0.4, 0.5) is 0 Å². The third kappa shape index (κ3) is 3.47. The second kappa shape index (κ2) is 5.89. The van der Waals surface area contributed by atoms with Crippen LogP contribution in [0.15, 0.2) is 30.3 Å². The highest BCUT2D eigenvalue weighted by Gasteiger charge is 2.41. The molecule has 0 bridgehead atoms. The summed E-state index contributed by atoms with van der Waals surface area (Å²) in [6.45, 7) is 1.81. The topological polar surface area (TPSA) is 21.3 Å². The van der Waals surface area contributed by atoms with Gasteiger partial charge in [-0.2, -0.15) is 11.8 Å². The summed E-state index contributed by atoms with van der Waals surface area (Å²) in [6, 6.07) is 10.9. The summed E-state index contributed by atoms with van der Waals surface area (Å²) >= 11 is 1.99. The van der Waals surface area contributed by atoms with E-state index < -0.39 is 0 Å². The fourth-order valence-corrected chi connectivity index (χ4v) is 2.76. The number of thioether (sulfide) groups is 1. The van der Waals surface area contributed by atoms with Crippen molar-refractivity contribution in [1.29, 1.82) is 0 Å². The van der Waals surface area contributed by atoms with E-state index in [1.165, 1.54) is 18.4 Å². The Hall–Kier alpha value is -0.510. The minimum Gasteiger partial charge on any atom is -0.383 e. The Kier molecular flexibility index (Phi) is 4.48. The Balaban J connectivity index is 1.93. The minimum absolute atomic E-state index is 0.311. The van der Waals surface area contributed by atoms with E-state index in [-0.39, 0.29) is 0 Å². The molecule has 1 fully saturated rings. The van der Waals surface area contributed by atoms with Crippen LogP contribution in [-0.4, -0.2) is 31.3 Å². The van der Waals surface area contributed by atoms with Crippen LogP contribution in [0.2, 0.25) is 0 Å². The van der Waals surface area contributed by atoms with Crippen molar-refractivity contribution in [3.05, 3.63) is 35.9 Å². The molecule has 1 atom stereocenters. The largest absolute Gasteiger partial charge is 0.383 e. The van der Waals surface area contributed by atoms with Crippen LogP contribution >= 0.6 is 11.8 Å². The molecule has 17 heavy (non-hydrogen) atoms. The van der Waals surface area contributed by atoms with Gasteiger partial charge in [0.15, 0.2) is 0 Å². The Labute approximate surface area is 108 Å². The number of benzene rings is 1. The first-order valence-electron chi connectivity index (χ1n) is 6.12. The van der Waals surface area contributed by atoms with E-state index >= 15 is 0 Å². The SMILES string of the molecule is COCC(NCC1(SC)CC1)c1ccccc1. The molecule has 1 unspecified atom stereocenters. The molecular weight excluding hydrogens is 230 g/mol. The van der Waals surface area contributed by atoms with E-state index in [4.69, 9.17) is 4.74 Å². The number of hydrogen-bond acceptors (Lipinski definition) is 3. The Morgan fingerprint density at radius 1 is 1.35 bits per heavy atom. The highest BCUT2D eigenvalue weighted by atomic mass is 32.2. The molecule has 1 aliphatic carbocycles. The number of methoxy groups -OCH3 is 1. The molecule has 0 heterocycles. The van der Waals surface area contributed by atoms with E-state index in [1.807, 2.05) is 11.8 Å². The molecule has 1 aromatic carbocycles. The van der Waals surface area contributed by atoms with E-state index in [1.54, 1.807) is 7.11 Å². The molecule has 0 spiro atoms. The normalized spacial score (nSPS) is 18.9. The van der Waals surface area contributed by atoms with Crippen LogP contribution in [0.1, 0.15) is 24.4 Å². The van der Waals surface area contributed by atoms with Gasteiger partial charge in [0.2, 0.25) is 0 Å². The lowest BCUT2D eigenvalue weighted by atomic mass is 10.1. The molecule has 0 aromatic heterocycles. The standard InChI is InChI=1S/C14H21NOS/c1-16-10-13(12-6-4-3-5-7-12)15-11-14(17-2)8-9-14/h3-7,13,15H,8-11H2,1-2H3. The molecule has 0 aliphatic heterocycles. The lowest BCUT2D eigenvalue weighted by molar-refractivity contribution is 0.167. The van der Waals surface area contributed by atoms with Gasteiger partial charge in [0.05, 0.1) is 12.6 Å². The zero-order valence-electron chi connectivity index (χ0n) is 10.6. The number of rotatable bonds is 7. The zero-order chi connectivity index (χ0) is 12.1. The maximum Gasteiger partial charge on any atom is 0.0657 e. The molecule has 0 amide bonds. The third-order valence-corrected chi connectivity index (χ3v) is 4.87. The lowest BCUT2D eigenvalue weighted by Crippen LogP contribution is -2.32. The van der Waals surface area contributed by atoms with Gasteiger partial charge in [-0.25, -0.2) is 0 Å². The van der Waals surface area contributed by atoms with Gasteiger partial charge in [-0.1, -0.05) is 30.3 Å². The van der Waals surface area contributed by atoms with Gasteiger partial charge < -0.3 is 10.1 Å². The Bertz CT molecular complexity index is 337. The predicted molar refractivity (Wildman–Crippen MR) is 74.5 cm³/mol. The van der Waals surface area contributed by atoms with Gasteiger partial charge in [0.25, 0.3) is 0 Å². The van der Waals surface area contributed by atoms with Crippen LogP contribution in [0.25, 0.3) is 0 Å². The fourth-order valence-electron chi connectivity index (χ4n) is 2.03. The maximum atomic E-state index is 5.31. The van der Waals surface area contributed by atoms with Crippen molar-refractivity contribution in [2.24, 2.45) is 0 Å². The predicted octanol–water partition coefficient (Wildman–Crippen LogP) is 2.86. The van der Waals surface area contributed by atoms with Crippen molar-refractivity contribution in [1.82, 2.24) is 5.32 Å². The second-order valence-corrected chi connectivity index (χ2v) is 5.96. The second-order valence-electron chi connectivity index (χ2n) is 4.69. The summed E-state index contributed by atoms with van der Waals surface area (Å²) in [5.74, 6) is 0. The molecule has 1 aliphatic rings. The van der Waals surface area contributed by atoms with E-state index in [9.17, 15) is 0 Å². The first-order chi connectivity index (χ1) is 8.29. The average molecular weight is 251 g/mol. The summed E-state index contributed by atoms with van der Waals surface area (Å²) < 4.78 is 5.81. The summed E-state index contributed by atoms with van der Waals surface area (Å²) in [7, 11) is 1.76. The van der Waals surface area contributed by atoms with Crippen LogP contribution in [0.5, 0.6) is 0 Å². The van der Waals surface area contributed by atoms with Gasteiger partial charge in [-0.15, -0.1) is 0 Å². The molecule has 2 rings (SSSR count). The van der Waals surface area contributed by atoms with Crippen LogP contribution in [-0.2, 0) is 4.74 Å². The van der Waals surface area contributed by atoms with Gasteiger partial charge in [-0.05, 0) is 24.7 Å². The van der Waals surface area contributed by atoms with Crippen LogP contribution in [0, 0.1) is 0 Å². The molecule has 1 aromatic rings. The Morgan fingerprint density at radius 3 is 2.59 bits per heavy atom. The lowest BCUT2D eigenvalue weighted by Gasteiger charge is -2.21. The summed E-state index contributed by atoms with van der Waals surface area (Å²) in [5.41, 5.74) is 1.31. The third-order valence-electron chi connectivity index (χ3n) is 3.45. The van der Waals surface area contributed by atoms with Crippen LogP contribution < -0.4 is 5.32 Å². The molecule has 0 radical (unpaired) electrons. The number of nitrogens with one attached hydrogen (secondary N) is 1. The average Bonchev–Trinajstić information content (AvgIpc) is 3.16. The van der Waals surface area contributed by atoms with Gasteiger partial charge in [-0.3, -0.25) is 0 Å². The maximum absolute atomic E-state index is 5.31. The molecular formula is C14H21NOS. The molecule has 2 nitrogen and oxygen atoms in total. The van der Waals surface area contributed by atoms with Crippen molar-refractivity contribution < 1.29 is 4.74 Å². The highest BCUT2D eigenvalue weighted by Crippen LogP contribution is 2.46. The number of hydrogen-bond donors (Lipinski definition) is 1. The molecule has 0 saturated heterocycles. The van der Waals surface area contributed by atoms with Crippen molar-refractivity contribution in [3.63, 3.8) is 0 Å². The highest BCUT2D eigenvalue weighted by molar-refractivity contribution is 8.00. The van der Waals surface area contributed by atoms with Crippen LogP contribution in [0.3, 0.4) is 0 Å². The summed E-state index contributed by atoms with van der Waals surface area (Å²) in [4.78, 5) is 0. The summed E-state index contributed by atoms with van der Waals surface area (Å²) in [5, 5.41) is 3.64. The van der Waals surface area contributed by atoms with Crippen molar-refractivity contribution in [2.45, 2.75) is 23.6 Å². The fraction of sp³-hybridized carbons (Fsp3) is 0.571. The Morgan fingerprint density at radius 2 is 2.06 bits per heavy atom. The van der Waals surface area contributed by atoms with E-state index in [2.05, 4.69) is 41.9 Å². The van der Waals surface area contributed by atoms with Crippen molar-refractivity contribution in [2.75, 3.05) is 26.5 Å². The van der Waals surface area contributed by atoms with E-state index in [0.29, 0.717) is 10.8 Å².